The van der Waals surface area contributed by atoms with Crippen LogP contribution in [0.2, 0.25) is 0 Å². The Kier molecular flexibility index (Phi) is 4.30. The monoisotopic (exact) mass is 404 g/mol. The van der Waals surface area contributed by atoms with Crippen molar-refractivity contribution in [2.45, 2.75) is 31.0 Å². The van der Waals surface area contributed by atoms with Crippen LogP contribution in [0.25, 0.3) is 16.7 Å². The molecule has 2 aromatic heterocycles. The minimum atomic E-state index is 0.119. The number of nitrogens with zero attached hydrogens (tertiary/aromatic N) is 6. The summed E-state index contributed by atoms with van der Waals surface area (Å²) in [5.41, 5.74) is 4.59. The second-order valence-electron chi connectivity index (χ2n) is 8.28. The number of piperazine rings is 1. The van der Waals surface area contributed by atoms with Crippen molar-refractivity contribution in [1.29, 1.82) is 5.26 Å². The van der Waals surface area contributed by atoms with Crippen LogP contribution in [0.1, 0.15) is 25.0 Å². The fourth-order valence-corrected chi connectivity index (χ4v) is 5.37. The highest BCUT2D eigenvalue weighted by Gasteiger charge is 2.33. The van der Waals surface area contributed by atoms with Crippen molar-refractivity contribution in [2.75, 3.05) is 31.1 Å². The maximum Gasteiger partial charge on any atom is 0.157 e. The summed E-state index contributed by atoms with van der Waals surface area (Å²) in [6, 6.07) is 12.6. The number of para-hydroxylation sites is 2. The van der Waals surface area contributed by atoms with Crippen molar-refractivity contribution in [3.63, 3.8) is 0 Å². The Bertz CT molecular complexity index is 1160. The summed E-state index contributed by atoms with van der Waals surface area (Å²) in [5, 5.41) is 9.70. The lowest BCUT2D eigenvalue weighted by Gasteiger charge is -2.38. The molecule has 148 valence electrons. The van der Waals surface area contributed by atoms with Crippen LogP contribution in [0.15, 0.2) is 35.3 Å². The normalized spacial score (nSPS) is 21.9. The smallest absolute Gasteiger partial charge is 0.157 e. The molecule has 6 nitrogen and oxygen atoms in total. The van der Waals surface area contributed by atoms with Crippen LogP contribution in [0.4, 0.5) is 5.82 Å². The minimum Gasteiger partial charge on any atom is -0.355 e. The van der Waals surface area contributed by atoms with Gasteiger partial charge in [0.1, 0.15) is 17.4 Å². The number of aliphatic imine (C=N–C) groups is 1. The lowest BCUT2D eigenvalue weighted by molar-refractivity contribution is 0.246. The van der Waals surface area contributed by atoms with Crippen molar-refractivity contribution in [1.82, 2.24) is 14.3 Å². The summed E-state index contributed by atoms with van der Waals surface area (Å²) in [6.07, 6.45) is 2.08. The van der Waals surface area contributed by atoms with Gasteiger partial charge in [-0.2, -0.15) is 5.26 Å². The van der Waals surface area contributed by atoms with E-state index in [0.717, 1.165) is 54.2 Å². The molecule has 0 bridgehead atoms. The van der Waals surface area contributed by atoms with E-state index in [1.54, 1.807) is 0 Å². The van der Waals surface area contributed by atoms with Gasteiger partial charge in [0.15, 0.2) is 5.65 Å². The van der Waals surface area contributed by atoms with E-state index in [-0.39, 0.29) is 10.2 Å². The Morgan fingerprint density at radius 3 is 2.62 bits per heavy atom. The summed E-state index contributed by atoms with van der Waals surface area (Å²) in [4.78, 5) is 14.4. The molecule has 0 N–H and O–H groups in total. The second kappa shape index (κ2) is 6.75. The van der Waals surface area contributed by atoms with Gasteiger partial charge in [-0.3, -0.25) is 14.3 Å². The van der Waals surface area contributed by atoms with E-state index in [1.807, 2.05) is 36.9 Å². The molecule has 1 aromatic carbocycles. The number of thioether (sulfide) groups is 1. The summed E-state index contributed by atoms with van der Waals surface area (Å²) < 4.78 is 2.27. The van der Waals surface area contributed by atoms with Crippen LogP contribution in [0.5, 0.6) is 0 Å². The van der Waals surface area contributed by atoms with Gasteiger partial charge in [0.05, 0.1) is 16.6 Å². The van der Waals surface area contributed by atoms with E-state index in [1.165, 1.54) is 0 Å². The molecular weight excluding hydrogens is 380 g/mol. The van der Waals surface area contributed by atoms with Crippen molar-refractivity contribution < 1.29 is 0 Å². The quantitative estimate of drug-likeness (QED) is 0.652. The number of imidazole rings is 1. The molecule has 0 radical (unpaired) electrons. The molecule has 0 saturated carbocycles. The second-order valence-corrected chi connectivity index (χ2v) is 9.99. The Hall–Kier alpha value is -2.56. The van der Waals surface area contributed by atoms with Crippen molar-refractivity contribution in [2.24, 2.45) is 4.99 Å². The molecular formula is C22H24N6S. The number of hydrogen-bond acceptors (Lipinski definition) is 6. The first kappa shape index (κ1) is 18.5. The van der Waals surface area contributed by atoms with Gasteiger partial charge in [-0.25, -0.2) is 4.98 Å². The first-order valence-electron chi connectivity index (χ1n) is 9.99. The third-order valence-electron chi connectivity index (χ3n) is 5.74. The third-order valence-corrected chi connectivity index (χ3v) is 7.08. The Balaban J connectivity index is 1.50. The molecule has 1 saturated heterocycles. The lowest BCUT2D eigenvalue weighted by Crippen LogP contribution is -2.49. The predicted octanol–water partition coefficient (Wildman–Crippen LogP) is 3.67. The van der Waals surface area contributed by atoms with Gasteiger partial charge in [0.2, 0.25) is 0 Å². The molecule has 2 aliphatic heterocycles. The van der Waals surface area contributed by atoms with Gasteiger partial charge in [-0.05, 0) is 44.5 Å². The highest BCUT2D eigenvalue weighted by molar-refractivity contribution is 8.02. The summed E-state index contributed by atoms with van der Waals surface area (Å²) in [5.74, 6) is 1.12. The summed E-state index contributed by atoms with van der Waals surface area (Å²) >= 11 is 1.92. The standard InChI is InChI=1S/C22H24N6S/c1-15-12-19(26-8-10-27(11-9-26)21-24-14-22(2,3)29-21)28-18-7-5-4-6-17(18)25-20(28)16(15)13-23/h4-7,12,14,21H,8-11H2,1-3H3/t21-/m0/s1. The van der Waals surface area contributed by atoms with E-state index in [2.05, 4.69) is 52.5 Å². The zero-order valence-electron chi connectivity index (χ0n) is 17.0. The Morgan fingerprint density at radius 1 is 1.17 bits per heavy atom. The molecule has 0 amide bonds. The molecule has 4 heterocycles. The average molecular weight is 405 g/mol. The van der Waals surface area contributed by atoms with Gasteiger partial charge in [-0.1, -0.05) is 12.1 Å². The number of fused-ring (bicyclic) bond motifs is 3. The number of aryl methyl sites for hydroxylation is 1. The van der Waals surface area contributed by atoms with Crippen molar-refractivity contribution in [3.8, 4) is 6.07 Å². The highest BCUT2D eigenvalue weighted by atomic mass is 32.2. The van der Waals surface area contributed by atoms with Crippen molar-refractivity contribution >= 4 is 40.5 Å². The zero-order valence-corrected chi connectivity index (χ0v) is 17.8. The summed E-state index contributed by atoms with van der Waals surface area (Å²) in [6.45, 7) is 10.2. The van der Waals surface area contributed by atoms with Crippen LogP contribution < -0.4 is 4.90 Å². The van der Waals surface area contributed by atoms with Gasteiger partial charge < -0.3 is 4.90 Å². The van der Waals surface area contributed by atoms with Gasteiger partial charge in [0, 0.05) is 37.1 Å². The Morgan fingerprint density at radius 2 is 1.93 bits per heavy atom. The van der Waals surface area contributed by atoms with Gasteiger partial charge in [0.25, 0.3) is 0 Å². The van der Waals surface area contributed by atoms with Crippen LogP contribution in [-0.2, 0) is 0 Å². The number of pyridine rings is 1. The first-order chi connectivity index (χ1) is 14.0. The van der Waals surface area contributed by atoms with Crippen LogP contribution in [-0.4, -0.2) is 56.9 Å². The molecule has 0 unspecified atom stereocenters. The number of anilines is 1. The number of nitriles is 1. The van der Waals surface area contributed by atoms with Crippen LogP contribution in [0, 0.1) is 18.3 Å². The van der Waals surface area contributed by atoms with E-state index < -0.39 is 0 Å². The molecule has 2 aliphatic rings. The van der Waals surface area contributed by atoms with E-state index >= 15 is 0 Å². The van der Waals surface area contributed by atoms with Crippen molar-refractivity contribution in [3.05, 3.63) is 41.5 Å². The number of rotatable bonds is 2. The maximum absolute atomic E-state index is 9.70. The zero-order chi connectivity index (χ0) is 20.2. The van der Waals surface area contributed by atoms with Crippen LogP contribution >= 0.6 is 11.8 Å². The fraction of sp³-hybridized carbons (Fsp3) is 0.409. The molecule has 3 aromatic rings. The molecule has 7 heteroatoms. The van der Waals surface area contributed by atoms with E-state index in [0.29, 0.717) is 5.56 Å². The topological polar surface area (TPSA) is 59.9 Å². The SMILES string of the molecule is Cc1cc(N2CCN([C@@H]3N=CC(C)(C)S3)CC2)n2c(nc3ccccc32)c1C#N. The predicted molar refractivity (Wildman–Crippen MR) is 120 cm³/mol. The number of aromatic nitrogens is 2. The largest absolute Gasteiger partial charge is 0.355 e. The molecule has 1 fully saturated rings. The molecule has 0 aliphatic carbocycles. The fourth-order valence-electron chi connectivity index (χ4n) is 4.22. The molecule has 0 spiro atoms. The minimum absolute atomic E-state index is 0.119. The van der Waals surface area contributed by atoms with E-state index in [4.69, 9.17) is 9.98 Å². The number of hydrogen-bond donors (Lipinski definition) is 0. The van der Waals surface area contributed by atoms with Gasteiger partial charge in [-0.15, -0.1) is 11.8 Å². The Labute approximate surface area is 174 Å². The van der Waals surface area contributed by atoms with Gasteiger partial charge >= 0.3 is 0 Å². The molecule has 5 rings (SSSR count). The first-order valence-corrected chi connectivity index (χ1v) is 10.9. The van der Waals surface area contributed by atoms with Crippen LogP contribution in [0.3, 0.4) is 0 Å². The maximum atomic E-state index is 9.70. The summed E-state index contributed by atoms with van der Waals surface area (Å²) in [7, 11) is 0. The molecule has 1 atom stereocenters. The molecule has 29 heavy (non-hydrogen) atoms. The lowest BCUT2D eigenvalue weighted by atomic mass is 10.1. The number of benzene rings is 1. The highest BCUT2D eigenvalue weighted by Crippen LogP contribution is 2.36. The third kappa shape index (κ3) is 3.07. The van der Waals surface area contributed by atoms with E-state index in [9.17, 15) is 5.26 Å². The average Bonchev–Trinajstić information content (AvgIpc) is 3.27.